The van der Waals surface area contributed by atoms with Gasteiger partial charge in [0.25, 0.3) is 0 Å². The van der Waals surface area contributed by atoms with E-state index in [-0.39, 0.29) is 23.5 Å². The molecule has 0 fully saturated rings. The molecule has 1 rings (SSSR count). The Morgan fingerprint density at radius 3 is 2.45 bits per heavy atom. The van der Waals surface area contributed by atoms with Gasteiger partial charge in [-0.1, -0.05) is 32.9 Å². The van der Waals surface area contributed by atoms with E-state index in [0.29, 0.717) is 17.9 Å². The predicted octanol–water partition coefficient (Wildman–Crippen LogP) is 3.18. The SMILES string of the molecule is CC(C)Oc1ccccc1NC(=O)CC(N)C(C)(C)C. The summed E-state index contributed by atoms with van der Waals surface area (Å²) in [7, 11) is 0. The molecule has 3 N–H and O–H groups in total. The largest absolute Gasteiger partial charge is 0.489 e. The first-order valence-electron chi connectivity index (χ1n) is 7.01. The molecule has 0 aliphatic carbocycles. The second-order valence-corrected chi connectivity index (χ2v) is 6.39. The van der Waals surface area contributed by atoms with Crippen molar-refractivity contribution >= 4 is 11.6 Å². The summed E-state index contributed by atoms with van der Waals surface area (Å²) in [6.45, 7) is 9.99. The van der Waals surface area contributed by atoms with Gasteiger partial charge in [-0.2, -0.15) is 0 Å². The van der Waals surface area contributed by atoms with E-state index in [1.54, 1.807) is 0 Å². The van der Waals surface area contributed by atoms with Crippen LogP contribution in [0.2, 0.25) is 0 Å². The van der Waals surface area contributed by atoms with Crippen LogP contribution in [0.1, 0.15) is 41.0 Å². The Bertz CT molecular complexity index is 450. The van der Waals surface area contributed by atoms with E-state index in [1.165, 1.54) is 0 Å². The molecule has 0 saturated carbocycles. The number of hydrogen-bond acceptors (Lipinski definition) is 3. The molecule has 0 aliphatic heterocycles. The molecule has 4 heteroatoms. The van der Waals surface area contributed by atoms with Gasteiger partial charge in [-0.05, 0) is 31.4 Å². The summed E-state index contributed by atoms with van der Waals surface area (Å²) in [5.74, 6) is 0.590. The maximum atomic E-state index is 12.1. The molecular formula is C16H26N2O2. The summed E-state index contributed by atoms with van der Waals surface area (Å²) >= 11 is 0. The van der Waals surface area contributed by atoms with Crippen molar-refractivity contribution in [1.29, 1.82) is 0 Å². The molecule has 0 aromatic heterocycles. The highest BCUT2D eigenvalue weighted by molar-refractivity contribution is 5.92. The Morgan fingerprint density at radius 2 is 1.90 bits per heavy atom. The standard InChI is InChI=1S/C16H26N2O2/c1-11(2)20-13-9-7-6-8-12(13)18-15(19)10-14(17)16(3,4)5/h6-9,11,14H,10,17H2,1-5H3,(H,18,19). The molecule has 1 aromatic carbocycles. The van der Waals surface area contributed by atoms with Crippen LogP contribution < -0.4 is 15.8 Å². The molecule has 112 valence electrons. The summed E-state index contributed by atoms with van der Waals surface area (Å²) in [5, 5.41) is 2.87. The van der Waals surface area contributed by atoms with E-state index >= 15 is 0 Å². The van der Waals surface area contributed by atoms with Gasteiger partial charge < -0.3 is 15.8 Å². The summed E-state index contributed by atoms with van der Waals surface area (Å²) in [6, 6.07) is 7.25. The third kappa shape index (κ3) is 5.21. The number of nitrogens with two attached hydrogens (primary N) is 1. The van der Waals surface area contributed by atoms with E-state index in [4.69, 9.17) is 10.5 Å². The predicted molar refractivity (Wildman–Crippen MR) is 82.9 cm³/mol. The molecule has 0 saturated heterocycles. The lowest BCUT2D eigenvalue weighted by Gasteiger charge is -2.26. The van der Waals surface area contributed by atoms with Crippen LogP contribution in [-0.2, 0) is 4.79 Å². The second-order valence-electron chi connectivity index (χ2n) is 6.39. The van der Waals surface area contributed by atoms with Crippen LogP contribution in [0.15, 0.2) is 24.3 Å². The number of amides is 1. The molecular weight excluding hydrogens is 252 g/mol. The Morgan fingerprint density at radius 1 is 1.30 bits per heavy atom. The molecule has 20 heavy (non-hydrogen) atoms. The van der Waals surface area contributed by atoms with Crippen molar-refractivity contribution in [1.82, 2.24) is 0 Å². The lowest BCUT2D eigenvalue weighted by molar-refractivity contribution is -0.117. The van der Waals surface area contributed by atoms with Crippen molar-refractivity contribution < 1.29 is 9.53 Å². The molecule has 4 nitrogen and oxygen atoms in total. The summed E-state index contributed by atoms with van der Waals surface area (Å²) in [4.78, 5) is 12.1. The number of carbonyl (C=O) groups excluding carboxylic acids is 1. The minimum absolute atomic E-state index is 0.0601. The summed E-state index contributed by atoms with van der Waals surface area (Å²) in [5.41, 5.74) is 6.63. The van der Waals surface area contributed by atoms with E-state index < -0.39 is 0 Å². The normalized spacial score (nSPS) is 13.2. The van der Waals surface area contributed by atoms with Crippen LogP contribution in [0.5, 0.6) is 5.75 Å². The lowest BCUT2D eigenvalue weighted by Crippen LogP contribution is -2.38. The van der Waals surface area contributed by atoms with Gasteiger partial charge in [0.15, 0.2) is 0 Å². The molecule has 0 aliphatic rings. The molecule has 0 spiro atoms. The van der Waals surface area contributed by atoms with Gasteiger partial charge in [0.2, 0.25) is 5.91 Å². The van der Waals surface area contributed by atoms with Crippen LogP contribution in [0.25, 0.3) is 0 Å². The highest BCUT2D eigenvalue weighted by Gasteiger charge is 2.23. The zero-order valence-corrected chi connectivity index (χ0v) is 13.1. The highest BCUT2D eigenvalue weighted by Crippen LogP contribution is 2.26. The first kappa shape index (κ1) is 16.5. The van der Waals surface area contributed by atoms with E-state index in [0.717, 1.165) is 0 Å². The van der Waals surface area contributed by atoms with Crippen LogP contribution in [0.4, 0.5) is 5.69 Å². The number of carbonyl (C=O) groups is 1. The van der Waals surface area contributed by atoms with E-state index in [1.807, 2.05) is 58.9 Å². The maximum absolute atomic E-state index is 12.1. The van der Waals surface area contributed by atoms with Gasteiger partial charge in [0, 0.05) is 12.5 Å². The quantitative estimate of drug-likeness (QED) is 0.869. The average molecular weight is 278 g/mol. The number of hydrogen-bond donors (Lipinski definition) is 2. The Hall–Kier alpha value is -1.55. The number of rotatable bonds is 5. The van der Waals surface area contributed by atoms with Crippen molar-refractivity contribution in [2.24, 2.45) is 11.1 Å². The maximum Gasteiger partial charge on any atom is 0.226 e. The fraction of sp³-hybridized carbons (Fsp3) is 0.562. The van der Waals surface area contributed by atoms with Crippen LogP contribution in [0, 0.1) is 5.41 Å². The minimum atomic E-state index is -0.180. The first-order valence-corrected chi connectivity index (χ1v) is 7.01. The highest BCUT2D eigenvalue weighted by atomic mass is 16.5. The topological polar surface area (TPSA) is 64.3 Å². The van der Waals surface area contributed by atoms with Crippen molar-refractivity contribution in [2.45, 2.75) is 53.2 Å². The molecule has 0 bridgehead atoms. The lowest BCUT2D eigenvalue weighted by atomic mass is 9.85. The second kappa shape index (κ2) is 6.75. The average Bonchev–Trinajstić information content (AvgIpc) is 2.29. The molecule has 1 atom stereocenters. The van der Waals surface area contributed by atoms with Crippen molar-refractivity contribution in [3.05, 3.63) is 24.3 Å². The molecule has 0 heterocycles. The third-order valence-corrected chi connectivity index (χ3v) is 3.04. The Kier molecular flexibility index (Phi) is 5.57. The van der Waals surface area contributed by atoms with Gasteiger partial charge in [0.05, 0.1) is 11.8 Å². The fourth-order valence-electron chi connectivity index (χ4n) is 1.63. The van der Waals surface area contributed by atoms with Gasteiger partial charge >= 0.3 is 0 Å². The summed E-state index contributed by atoms with van der Waals surface area (Å²) < 4.78 is 5.67. The minimum Gasteiger partial charge on any atom is -0.489 e. The van der Waals surface area contributed by atoms with Crippen molar-refractivity contribution in [3.63, 3.8) is 0 Å². The monoisotopic (exact) mass is 278 g/mol. The Balaban J connectivity index is 2.71. The van der Waals surface area contributed by atoms with Gasteiger partial charge in [-0.3, -0.25) is 4.79 Å². The zero-order chi connectivity index (χ0) is 15.3. The number of anilines is 1. The molecule has 1 aromatic rings. The first-order chi connectivity index (χ1) is 9.20. The number of benzene rings is 1. The smallest absolute Gasteiger partial charge is 0.226 e. The Labute approximate surface area is 121 Å². The number of para-hydroxylation sites is 2. The van der Waals surface area contributed by atoms with E-state index in [2.05, 4.69) is 5.32 Å². The summed E-state index contributed by atoms with van der Waals surface area (Å²) in [6.07, 6.45) is 0.351. The zero-order valence-electron chi connectivity index (χ0n) is 13.1. The van der Waals surface area contributed by atoms with Gasteiger partial charge in [-0.25, -0.2) is 0 Å². The van der Waals surface area contributed by atoms with Gasteiger partial charge in [-0.15, -0.1) is 0 Å². The van der Waals surface area contributed by atoms with E-state index in [9.17, 15) is 4.79 Å². The van der Waals surface area contributed by atoms with Crippen LogP contribution >= 0.6 is 0 Å². The van der Waals surface area contributed by atoms with Crippen LogP contribution in [0.3, 0.4) is 0 Å². The van der Waals surface area contributed by atoms with Crippen LogP contribution in [-0.4, -0.2) is 18.1 Å². The third-order valence-electron chi connectivity index (χ3n) is 3.04. The van der Waals surface area contributed by atoms with Gasteiger partial charge in [0.1, 0.15) is 5.75 Å². The molecule has 1 unspecified atom stereocenters. The van der Waals surface area contributed by atoms with Crippen molar-refractivity contribution in [2.75, 3.05) is 5.32 Å². The fourth-order valence-corrected chi connectivity index (χ4v) is 1.63. The van der Waals surface area contributed by atoms with Crippen molar-refractivity contribution in [3.8, 4) is 5.75 Å². The number of ether oxygens (including phenoxy) is 1. The molecule has 1 amide bonds. The molecule has 0 radical (unpaired) electrons. The number of nitrogens with one attached hydrogen (secondary N) is 1.